The zero-order chi connectivity index (χ0) is 13.0. The summed E-state index contributed by atoms with van der Waals surface area (Å²) in [6, 6.07) is 0.161. The Kier molecular flexibility index (Phi) is 4.74. The highest BCUT2D eigenvalue weighted by Gasteiger charge is 2.22. The third kappa shape index (κ3) is 2.91. The molecule has 1 aromatic rings. The first kappa shape index (κ1) is 13.5. The smallest absolute Gasteiger partial charge is 0.0951 e. The molecule has 102 valence electrons. The topological polar surface area (TPSA) is 67.3 Å². The summed E-state index contributed by atoms with van der Waals surface area (Å²) in [6.45, 7) is 5.68. The van der Waals surface area contributed by atoms with Crippen molar-refractivity contribution in [2.45, 2.75) is 38.3 Å². The van der Waals surface area contributed by atoms with E-state index in [0.717, 1.165) is 31.6 Å². The van der Waals surface area contributed by atoms with Crippen LogP contribution in [0.15, 0.2) is 12.5 Å². The van der Waals surface area contributed by atoms with Crippen LogP contribution in [0.2, 0.25) is 0 Å². The Labute approximate surface area is 109 Å². The monoisotopic (exact) mass is 252 g/mol. The number of piperidine rings is 1. The first-order valence-electron chi connectivity index (χ1n) is 6.86. The molecule has 1 unspecified atom stereocenters. The van der Waals surface area contributed by atoms with Gasteiger partial charge in [-0.15, -0.1) is 0 Å². The van der Waals surface area contributed by atoms with E-state index in [-0.39, 0.29) is 12.6 Å². The van der Waals surface area contributed by atoms with Gasteiger partial charge in [-0.3, -0.25) is 0 Å². The second-order valence-electron chi connectivity index (χ2n) is 5.09. The fourth-order valence-corrected chi connectivity index (χ4v) is 2.74. The van der Waals surface area contributed by atoms with Gasteiger partial charge in [-0.1, -0.05) is 6.92 Å². The summed E-state index contributed by atoms with van der Waals surface area (Å²) < 4.78 is 2.16. The van der Waals surface area contributed by atoms with Crippen molar-refractivity contribution < 1.29 is 5.11 Å². The Morgan fingerprint density at radius 2 is 2.22 bits per heavy atom. The largest absolute Gasteiger partial charge is 0.394 e. The molecule has 0 aliphatic carbocycles. The number of likely N-dealkylation sites (tertiary alicyclic amines) is 1. The van der Waals surface area contributed by atoms with Crippen LogP contribution in [0.5, 0.6) is 0 Å². The molecule has 3 N–H and O–H groups in total. The first-order chi connectivity index (χ1) is 8.76. The average molecular weight is 252 g/mol. The lowest BCUT2D eigenvalue weighted by Gasteiger charge is -2.33. The van der Waals surface area contributed by atoms with E-state index in [1.54, 1.807) is 6.20 Å². The number of nitrogens with zero attached hydrogens (tertiary/aromatic N) is 3. The van der Waals surface area contributed by atoms with Gasteiger partial charge in [0.25, 0.3) is 0 Å². The summed E-state index contributed by atoms with van der Waals surface area (Å²) in [6.07, 6.45) is 7.13. The number of nitrogens with two attached hydrogens (primary N) is 1. The molecule has 0 amide bonds. The maximum absolute atomic E-state index is 9.17. The highest BCUT2D eigenvalue weighted by Crippen LogP contribution is 2.25. The van der Waals surface area contributed by atoms with Crippen molar-refractivity contribution in [3.8, 4) is 0 Å². The second-order valence-corrected chi connectivity index (χ2v) is 5.09. The van der Waals surface area contributed by atoms with Gasteiger partial charge in [0.05, 0.1) is 24.7 Å². The van der Waals surface area contributed by atoms with E-state index in [1.165, 1.54) is 13.0 Å². The van der Waals surface area contributed by atoms with Gasteiger partial charge in [-0.2, -0.15) is 0 Å². The molecule has 1 aromatic heterocycles. The van der Waals surface area contributed by atoms with Crippen LogP contribution in [-0.2, 0) is 0 Å². The van der Waals surface area contributed by atoms with Crippen LogP contribution < -0.4 is 5.73 Å². The van der Waals surface area contributed by atoms with E-state index in [1.807, 2.05) is 6.33 Å². The van der Waals surface area contributed by atoms with Crippen LogP contribution in [0.25, 0.3) is 0 Å². The van der Waals surface area contributed by atoms with Crippen molar-refractivity contribution in [2.24, 2.45) is 5.73 Å². The van der Waals surface area contributed by atoms with Gasteiger partial charge in [0.2, 0.25) is 0 Å². The predicted molar refractivity (Wildman–Crippen MR) is 71.2 cm³/mol. The summed E-state index contributed by atoms with van der Waals surface area (Å²) in [5.74, 6) is 0. The minimum Gasteiger partial charge on any atom is -0.394 e. The van der Waals surface area contributed by atoms with Crippen molar-refractivity contribution in [3.63, 3.8) is 0 Å². The molecule has 1 aliphatic rings. The van der Waals surface area contributed by atoms with Gasteiger partial charge in [0.1, 0.15) is 0 Å². The summed E-state index contributed by atoms with van der Waals surface area (Å²) in [4.78, 5) is 6.69. The normalized spacial score (nSPS) is 20.2. The molecule has 1 fully saturated rings. The molecular weight excluding hydrogens is 228 g/mol. The lowest BCUT2D eigenvalue weighted by Crippen LogP contribution is -2.35. The Morgan fingerprint density at radius 1 is 1.50 bits per heavy atom. The van der Waals surface area contributed by atoms with Gasteiger partial charge in [-0.05, 0) is 25.8 Å². The van der Waals surface area contributed by atoms with Crippen LogP contribution in [0.1, 0.15) is 44.0 Å². The summed E-state index contributed by atoms with van der Waals surface area (Å²) in [5.41, 5.74) is 6.85. The van der Waals surface area contributed by atoms with Gasteiger partial charge in [0.15, 0.2) is 0 Å². The van der Waals surface area contributed by atoms with Crippen LogP contribution in [-0.4, -0.2) is 45.8 Å². The summed E-state index contributed by atoms with van der Waals surface area (Å²) in [7, 11) is 0. The highest BCUT2D eigenvalue weighted by atomic mass is 16.3. The van der Waals surface area contributed by atoms with Gasteiger partial charge in [0, 0.05) is 25.3 Å². The maximum Gasteiger partial charge on any atom is 0.0951 e. The fourth-order valence-electron chi connectivity index (χ4n) is 2.74. The van der Waals surface area contributed by atoms with Crippen molar-refractivity contribution in [3.05, 3.63) is 18.2 Å². The number of hydrogen-bond acceptors (Lipinski definition) is 4. The first-order valence-corrected chi connectivity index (χ1v) is 6.86. The van der Waals surface area contributed by atoms with Crippen molar-refractivity contribution in [1.29, 1.82) is 0 Å². The minimum absolute atomic E-state index is 0.0274. The molecule has 0 radical (unpaired) electrons. The van der Waals surface area contributed by atoms with Gasteiger partial charge < -0.3 is 20.3 Å². The highest BCUT2D eigenvalue weighted by molar-refractivity contribution is 5.06. The van der Waals surface area contributed by atoms with E-state index in [4.69, 9.17) is 10.8 Å². The van der Waals surface area contributed by atoms with E-state index in [0.29, 0.717) is 6.04 Å². The number of aliphatic hydroxyl groups is 1. The van der Waals surface area contributed by atoms with Crippen LogP contribution in [0, 0.1) is 0 Å². The third-order valence-electron chi connectivity index (χ3n) is 3.76. The number of hydrogen-bond donors (Lipinski definition) is 2. The van der Waals surface area contributed by atoms with E-state index >= 15 is 0 Å². The van der Waals surface area contributed by atoms with Crippen LogP contribution in [0.4, 0.5) is 0 Å². The molecule has 2 heterocycles. The van der Waals surface area contributed by atoms with Crippen molar-refractivity contribution in [1.82, 2.24) is 14.5 Å². The minimum atomic E-state index is -0.318. The molecule has 0 aromatic carbocycles. The molecule has 0 bridgehead atoms. The summed E-state index contributed by atoms with van der Waals surface area (Å²) in [5, 5.41) is 9.17. The fraction of sp³-hybridized carbons (Fsp3) is 0.769. The molecule has 0 spiro atoms. The Balaban J connectivity index is 1.99. The Morgan fingerprint density at radius 3 is 2.83 bits per heavy atom. The molecule has 18 heavy (non-hydrogen) atoms. The third-order valence-corrected chi connectivity index (χ3v) is 3.76. The SMILES string of the molecule is CCCN1CCC(n2cncc2C(N)CO)CC1. The number of aliphatic hydroxyl groups excluding tert-OH is 1. The van der Waals surface area contributed by atoms with Crippen LogP contribution >= 0.6 is 0 Å². The number of aromatic nitrogens is 2. The predicted octanol–water partition coefficient (Wildman–Crippen LogP) is 0.922. The van der Waals surface area contributed by atoms with Gasteiger partial charge in [-0.25, -0.2) is 4.98 Å². The van der Waals surface area contributed by atoms with E-state index in [9.17, 15) is 0 Å². The van der Waals surface area contributed by atoms with E-state index in [2.05, 4.69) is 21.4 Å². The zero-order valence-corrected chi connectivity index (χ0v) is 11.1. The molecule has 5 heteroatoms. The van der Waals surface area contributed by atoms with Gasteiger partial charge >= 0.3 is 0 Å². The maximum atomic E-state index is 9.17. The quantitative estimate of drug-likeness (QED) is 0.818. The van der Waals surface area contributed by atoms with Crippen molar-refractivity contribution in [2.75, 3.05) is 26.2 Å². The second kappa shape index (κ2) is 6.31. The zero-order valence-electron chi connectivity index (χ0n) is 11.1. The lowest BCUT2D eigenvalue weighted by atomic mass is 10.0. The molecule has 1 atom stereocenters. The Hall–Kier alpha value is -0.910. The Bertz CT molecular complexity index is 358. The van der Waals surface area contributed by atoms with Crippen LogP contribution in [0.3, 0.4) is 0 Å². The molecule has 1 aliphatic heterocycles. The number of imidazole rings is 1. The van der Waals surface area contributed by atoms with Crippen molar-refractivity contribution >= 4 is 0 Å². The molecule has 1 saturated heterocycles. The molecule has 5 nitrogen and oxygen atoms in total. The standard InChI is InChI=1S/C13H24N4O/c1-2-5-16-6-3-11(4-7-16)17-10-15-8-13(17)12(14)9-18/h8,10-12,18H,2-7,9,14H2,1H3. The molecule has 2 rings (SSSR count). The number of rotatable bonds is 5. The lowest BCUT2D eigenvalue weighted by molar-refractivity contribution is 0.182. The molecular formula is C13H24N4O. The summed E-state index contributed by atoms with van der Waals surface area (Å²) >= 11 is 0. The average Bonchev–Trinajstić information content (AvgIpc) is 2.88. The van der Waals surface area contributed by atoms with E-state index < -0.39 is 0 Å². The molecule has 0 saturated carbocycles.